The van der Waals surface area contributed by atoms with Crippen LogP contribution in [0.15, 0.2) is 30.3 Å². The molecule has 2 unspecified atom stereocenters. The zero-order valence-electron chi connectivity index (χ0n) is 12.5. The summed E-state index contributed by atoms with van der Waals surface area (Å²) in [4.78, 5) is 14.0. The number of hydrogen-bond acceptors (Lipinski definition) is 2. The van der Waals surface area contributed by atoms with Crippen LogP contribution in [0.4, 0.5) is 0 Å². The topological polar surface area (TPSA) is 40.5 Å². The van der Waals surface area contributed by atoms with Gasteiger partial charge >= 0.3 is 0 Å². The Morgan fingerprint density at radius 3 is 2.60 bits per heavy atom. The highest BCUT2D eigenvalue weighted by Gasteiger charge is 2.25. The van der Waals surface area contributed by atoms with Crippen LogP contribution in [0.1, 0.15) is 44.8 Å². The Bertz CT molecular complexity index is 430. The van der Waals surface area contributed by atoms with Crippen molar-refractivity contribution in [2.24, 2.45) is 11.8 Å². The molecular weight excluding hydrogens is 250 g/mol. The second-order valence-corrected chi connectivity index (χ2v) is 6.10. The summed E-state index contributed by atoms with van der Waals surface area (Å²) >= 11 is 0. The number of nitrogens with zero attached hydrogens (tertiary/aromatic N) is 1. The van der Waals surface area contributed by atoms with Crippen molar-refractivity contribution in [3.05, 3.63) is 35.9 Å². The first-order valence-electron chi connectivity index (χ1n) is 7.58. The van der Waals surface area contributed by atoms with Gasteiger partial charge in [-0.2, -0.15) is 0 Å². The number of hydrogen-bond donors (Lipinski definition) is 1. The van der Waals surface area contributed by atoms with Crippen molar-refractivity contribution in [2.75, 3.05) is 13.1 Å². The lowest BCUT2D eigenvalue weighted by molar-refractivity contribution is -0.132. The molecule has 1 saturated heterocycles. The maximum Gasteiger partial charge on any atom is 0.222 e. The number of benzene rings is 1. The largest absolute Gasteiger partial charge is 0.387 e. The summed E-state index contributed by atoms with van der Waals surface area (Å²) in [6.07, 6.45) is 2.06. The molecule has 1 fully saturated rings. The molecule has 1 N–H and O–H groups in total. The second-order valence-electron chi connectivity index (χ2n) is 6.10. The summed E-state index contributed by atoms with van der Waals surface area (Å²) < 4.78 is 0. The van der Waals surface area contributed by atoms with E-state index in [2.05, 4.69) is 13.8 Å². The standard InChI is InChI=1S/C17H25NO2/c1-13(2)14-8-9-17(20)18(11-10-14)12-16(19)15-6-4-3-5-7-15/h3-7,13-14,16,19H,8-12H2,1-2H3. The van der Waals surface area contributed by atoms with E-state index >= 15 is 0 Å². The summed E-state index contributed by atoms with van der Waals surface area (Å²) in [5.74, 6) is 1.43. The van der Waals surface area contributed by atoms with Crippen LogP contribution in [-0.2, 0) is 4.79 Å². The van der Waals surface area contributed by atoms with Crippen molar-refractivity contribution in [2.45, 2.75) is 39.2 Å². The Kier molecular flexibility index (Phi) is 5.18. The van der Waals surface area contributed by atoms with E-state index in [1.54, 1.807) is 0 Å². The maximum atomic E-state index is 12.2. The first kappa shape index (κ1) is 15.0. The lowest BCUT2D eigenvalue weighted by Gasteiger charge is -2.24. The molecule has 0 spiro atoms. The van der Waals surface area contributed by atoms with Crippen LogP contribution in [0, 0.1) is 11.8 Å². The van der Waals surface area contributed by atoms with E-state index < -0.39 is 6.10 Å². The van der Waals surface area contributed by atoms with Crippen LogP contribution in [0.2, 0.25) is 0 Å². The van der Waals surface area contributed by atoms with Crippen LogP contribution >= 0.6 is 0 Å². The molecule has 2 atom stereocenters. The van der Waals surface area contributed by atoms with Gasteiger partial charge in [-0.3, -0.25) is 4.79 Å². The number of aliphatic hydroxyl groups excluding tert-OH is 1. The van der Waals surface area contributed by atoms with Crippen molar-refractivity contribution in [1.29, 1.82) is 0 Å². The van der Waals surface area contributed by atoms with Gasteiger partial charge in [-0.05, 0) is 30.2 Å². The fourth-order valence-electron chi connectivity index (χ4n) is 2.91. The number of carbonyl (C=O) groups is 1. The summed E-state index contributed by atoms with van der Waals surface area (Å²) in [5, 5.41) is 10.3. The minimum atomic E-state index is -0.587. The number of carbonyl (C=O) groups excluding carboxylic acids is 1. The second kappa shape index (κ2) is 6.89. The molecule has 3 heteroatoms. The van der Waals surface area contributed by atoms with E-state index in [1.165, 1.54) is 0 Å². The first-order chi connectivity index (χ1) is 9.58. The highest BCUT2D eigenvalue weighted by atomic mass is 16.3. The normalized spacial score (nSPS) is 21.9. The molecule has 20 heavy (non-hydrogen) atoms. The van der Waals surface area contributed by atoms with Crippen molar-refractivity contribution < 1.29 is 9.90 Å². The molecule has 1 heterocycles. The van der Waals surface area contributed by atoms with Crippen molar-refractivity contribution in [1.82, 2.24) is 4.90 Å². The molecule has 0 saturated carbocycles. The third-order valence-corrected chi connectivity index (χ3v) is 4.37. The average Bonchev–Trinajstić information content (AvgIpc) is 2.63. The minimum absolute atomic E-state index is 0.183. The summed E-state index contributed by atoms with van der Waals surface area (Å²) in [7, 11) is 0. The molecule has 1 aliphatic rings. The molecule has 110 valence electrons. The number of β-amino-alcohol motifs (C(OH)–C–C–N with tert-alkyl or cyclic N) is 1. The van der Waals surface area contributed by atoms with Gasteiger partial charge in [-0.25, -0.2) is 0 Å². The van der Waals surface area contributed by atoms with E-state index in [4.69, 9.17) is 0 Å². The van der Waals surface area contributed by atoms with Gasteiger partial charge in [0.25, 0.3) is 0 Å². The molecule has 1 aromatic carbocycles. The molecule has 2 rings (SSSR count). The fourth-order valence-corrected chi connectivity index (χ4v) is 2.91. The van der Waals surface area contributed by atoms with Crippen LogP contribution < -0.4 is 0 Å². The number of aliphatic hydroxyl groups is 1. The van der Waals surface area contributed by atoms with Gasteiger partial charge in [0.05, 0.1) is 12.6 Å². The van der Waals surface area contributed by atoms with Crippen LogP contribution in [0.25, 0.3) is 0 Å². The van der Waals surface area contributed by atoms with Gasteiger partial charge < -0.3 is 10.0 Å². The van der Waals surface area contributed by atoms with Crippen molar-refractivity contribution in [3.63, 3.8) is 0 Å². The molecule has 1 amide bonds. The summed E-state index contributed by atoms with van der Waals surface area (Å²) in [6, 6.07) is 9.57. The van der Waals surface area contributed by atoms with Gasteiger partial charge in [0.15, 0.2) is 0 Å². The van der Waals surface area contributed by atoms with Gasteiger partial charge in [-0.1, -0.05) is 44.2 Å². The molecule has 3 nitrogen and oxygen atoms in total. The highest BCUT2D eigenvalue weighted by Crippen LogP contribution is 2.26. The van der Waals surface area contributed by atoms with Crippen LogP contribution in [0.3, 0.4) is 0 Å². The monoisotopic (exact) mass is 275 g/mol. The molecule has 0 bridgehead atoms. The molecule has 0 aliphatic carbocycles. The quantitative estimate of drug-likeness (QED) is 0.917. The predicted molar refractivity (Wildman–Crippen MR) is 80.2 cm³/mol. The van der Waals surface area contributed by atoms with Crippen molar-refractivity contribution >= 4 is 5.91 Å². The zero-order chi connectivity index (χ0) is 14.5. The Labute approximate surface area is 121 Å². The molecular formula is C17H25NO2. The zero-order valence-corrected chi connectivity index (χ0v) is 12.5. The van der Waals surface area contributed by atoms with Crippen LogP contribution in [-0.4, -0.2) is 29.0 Å². The predicted octanol–water partition coefficient (Wildman–Crippen LogP) is 3.00. The summed E-state index contributed by atoms with van der Waals surface area (Å²) in [5.41, 5.74) is 0.880. The molecule has 1 aliphatic heterocycles. The number of rotatable bonds is 4. The number of likely N-dealkylation sites (tertiary alicyclic amines) is 1. The van der Waals surface area contributed by atoms with Crippen molar-refractivity contribution in [3.8, 4) is 0 Å². The molecule has 0 aromatic heterocycles. The number of amides is 1. The minimum Gasteiger partial charge on any atom is -0.387 e. The highest BCUT2D eigenvalue weighted by molar-refractivity contribution is 5.76. The lowest BCUT2D eigenvalue weighted by atomic mass is 9.89. The summed E-state index contributed by atoms with van der Waals surface area (Å²) in [6.45, 7) is 5.63. The Morgan fingerprint density at radius 2 is 1.95 bits per heavy atom. The Balaban J connectivity index is 1.96. The third kappa shape index (κ3) is 3.83. The maximum absolute atomic E-state index is 12.2. The average molecular weight is 275 g/mol. The SMILES string of the molecule is CC(C)C1CCC(=O)N(CC(O)c2ccccc2)CC1. The Hall–Kier alpha value is -1.35. The van der Waals surface area contributed by atoms with E-state index in [-0.39, 0.29) is 5.91 Å². The van der Waals surface area contributed by atoms with E-state index in [9.17, 15) is 9.90 Å². The first-order valence-corrected chi connectivity index (χ1v) is 7.58. The van der Waals surface area contributed by atoms with Crippen LogP contribution in [0.5, 0.6) is 0 Å². The van der Waals surface area contributed by atoms with Gasteiger partial charge in [0.1, 0.15) is 0 Å². The third-order valence-electron chi connectivity index (χ3n) is 4.37. The van der Waals surface area contributed by atoms with E-state index in [1.807, 2.05) is 35.2 Å². The van der Waals surface area contributed by atoms with Gasteiger partial charge in [0, 0.05) is 13.0 Å². The van der Waals surface area contributed by atoms with E-state index in [0.717, 1.165) is 24.9 Å². The van der Waals surface area contributed by atoms with Gasteiger partial charge in [-0.15, -0.1) is 0 Å². The molecule has 0 radical (unpaired) electrons. The lowest BCUT2D eigenvalue weighted by Crippen LogP contribution is -2.34. The smallest absolute Gasteiger partial charge is 0.222 e. The van der Waals surface area contributed by atoms with E-state index in [0.29, 0.717) is 24.8 Å². The Morgan fingerprint density at radius 1 is 1.25 bits per heavy atom. The fraction of sp³-hybridized carbons (Fsp3) is 0.588. The van der Waals surface area contributed by atoms with Gasteiger partial charge in [0.2, 0.25) is 5.91 Å². The molecule has 1 aromatic rings.